The van der Waals surface area contributed by atoms with E-state index in [-0.39, 0.29) is 35.9 Å². The van der Waals surface area contributed by atoms with Crippen molar-refractivity contribution in [2.45, 2.75) is 63.6 Å². The van der Waals surface area contributed by atoms with Crippen molar-refractivity contribution < 1.29 is 28.5 Å². The SMILES string of the molecule is O=C1[C@@H]2c3cc(OCc4ccccc4)ccc3CO[C@H]2CN1Cc1ccccc1.O=C1[C@H]2c3cc(OCc4ccccc4)ccc3CO[C@H]2CN1Cc1ccccc1. The average Bonchev–Trinajstić information content (AvgIpc) is 3.78. The second kappa shape index (κ2) is 17.1. The molecule has 0 aliphatic carbocycles. The second-order valence-corrected chi connectivity index (χ2v) is 15.3. The Labute approximate surface area is 339 Å². The van der Waals surface area contributed by atoms with Gasteiger partial charge in [-0.15, -0.1) is 0 Å². The number of nitrogens with zero attached hydrogens (tertiary/aromatic N) is 2. The van der Waals surface area contributed by atoms with Gasteiger partial charge in [0.2, 0.25) is 11.8 Å². The standard InChI is InChI=1S/2C25H23NO3/c2*27-25-24-22-13-21(28-16-19-9-5-2-6-10-19)12-11-20(22)17-29-23(24)15-26(25)14-18-7-3-1-4-8-18/h2*1-13,23-24H,14-17H2/t23-,24+;23-,24-/m00/s1. The van der Waals surface area contributed by atoms with Crippen molar-refractivity contribution in [3.63, 3.8) is 0 Å². The molecule has 6 aromatic rings. The fourth-order valence-electron chi connectivity index (χ4n) is 8.44. The number of carbonyl (C=O) groups is 2. The van der Waals surface area contributed by atoms with Crippen LogP contribution in [-0.2, 0) is 58.6 Å². The zero-order valence-electron chi connectivity index (χ0n) is 32.3. The van der Waals surface area contributed by atoms with Gasteiger partial charge >= 0.3 is 0 Å². The molecule has 58 heavy (non-hydrogen) atoms. The molecule has 2 saturated heterocycles. The van der Waals surface area contributed by atoms with Crippen molar-refractivity contribution in [1.29, 1.82) is 0 Å². The smallest absolute Gasteiger partial charge is 0.233 e. The van der Waals surface area contributed by atoms with Crippen LogP contribution in [0.25, 0.3) is 0 Å². The molecule has 0 unspecified atom stereocenters. The van der Waals surface area contributed by atoms with Crippen LogP contribution in [-0.4, -0.2) is 46.9 Å². The number of benzene rings is 6. The van der Waals surface area contributed by atoms with Crippen LogP contribution in [0.5, 0.6) is 11.5 Å². The van der Waals surface area contributed by atoms with Crippen molar-refractivity contribution in [2.75, 3.05) is 13.1 Å². The molecule has 0 spiro atoms. The predicted molar refractivity (Wildman–Crippen MR) is 221 cm³/mol. The number of hydrogen-bond donors (Lipinski definition) is 0. The van der Waals surface area contributed by atoms with Gasteiger partial charge in [-0.1, -0.05) is 133 Å². The third kappa shape index (κ3) is 8.26. The Morgan fingerprint density at radius 1 is 0.466 bits per heavy atom. The van der Waals surface area contributed by atoms with Gasteiger partial charge in [-0.05, 0) is 68.8 Å². The summed E-state index contributed by atoms with van der Waals surface area (Å²) >= 11 is 0. The summed E-state index contributed by atoms with van der Waals surface area (Å²) in [6.07, 6.45) is -0.189. The molecule has 0 aromatic heterocycles. The van der Waals surface area contributed by atoms with Crippen LogP contribution in [0.2, 0.25) is 0 Å². The molecule has 2 fully saturated rings. The lowest BCUT2D eigenvalue weighted by molar-refractivity contribution is -0.130. The highest BCUT2D eigenvalue weighted by Crippen LogP contribution is 2.41. The summed E-state index contributed by atoms with van der Waals surface area (Å²) in [7, 11) is 0. The third-order valence-corrected chi connectivity index (χ3v) is 11.4. The lowest BCUT2D eigenvalue weighted by atomic mass is 9.89. The quantitative estimate of drug-likeness (QED) is 0.139. The van der Waals surface area contributed by atoms with Crippen LogP contribution in [0.15, 0.2) is 158 Å². The van der Waals surface area contributed by atoms with Gasteiger partial charge in [0.15, 0.2) is 0 Å². The Morgan fingerprint density at radius 2 is 0.828 bits per heavy atom. The van der Waals surface area contributed by atoms with E-state index in [1.165, 1.54) is 0 Å². The largest absolute Gasteiger partial charge is 0.489 e. The lowest BCUT2D eigenvalue weighted by Crippen LogP contribution is -2.28. The van der Waals surface area contributed by atoms with Gasteiger partial charge in [0.25, 0.3) is 0 Å². The molecule has 8 heteroatoms. The molecule has 4 heterocycles. The zero-order valence-corrected chi connectivity index (χ0v) is 32.3. The van der Waals surface area contributed by atoms with Crippen LogP contribution in [0.4, 0.5) is 0 Å². The summed E-state index contributed by atoms with van der Waals surface area (Å²) in [5.41, 5.74) is 8.77. The molecule has 8 nitrogen and oxygen atoms in total. The van der Waals surface area contributed by atoms with Gasteiger partial charge in [-0.25, -0.2) is 0 Å². The maximum absolute atomic E-state index is 13.2. The van der Waals surface area contributed by atoms with Crippen LogP contribution < -0.4 is 9.47 Å². The van der Waals surface area contributed by atoms with E-state index in [4.69, 9.17) is 18.9 Å². The van der Waals surface area contributed by atoms with Crippen LogP contribution >= 0.6 is 0 Å². The van der Waals surface area contributed by atoms with Crippen molar-refractivity contribution in [3.05, 3.63) is 202 Å². The van der Waals surface area contributed by atoms with E-state index in [2.05, 4.69) is 24.3 Å². The minimum Gasteiger partial charge on any atom is -0.489 e. The molecule has 4 aliphatic rings. The van der Waals surface area contributed by atoms with Gasteiger partial charge in [-0.2, -0.15) is 0 Å². The third-order valence-electron chi connectivity index (χ3n) is 11.4. The highest BCUT2D eigenvalue weighted by molar-refractivity contribution is 5.88. The molecule has 6 aromatic carbocycles. The summed E-state index contributed by atoms with van der Waals surface area (Å²) in [6, 6.07) is 52.5. The maximum atomic E-state index is 13.2. The first-order valence-electron chi connectivity index (χ1n) is 20.0. The summed E-state index contributed by atoms with van der Waals surface area (Å²) in [6.45, 7) is 4.62. The number of likely N-dealkylation sites (tertiary alicyclic amines) is 2. The molecule has 292 valence electrons. The van der Waals surface area contributed by atoms with E-state index in [1.807, 2.05) is 143 Å². The Morgan fingerprint density at radius 3 is 1.21 bits per heavy atom. The van der Waals surface area contributed by atoms with Crippen LogP contribution in [0, 0.1) is 0 Å². The first-order chi connectivity index (χ1) is 28.6. The van der Waals surface area contributed by atoms with E-state index in [0.717, 1.165) is 56.0 Å². The number of rotatable bonds is 10. The molecule has 4 atom stereocenters. The van der Waals surface area contributed by atoms with E-state index in [0.29, 0.717) is 52.6 Å². The number of fused-ring (bicyclic) bond motifs is 6. The molecule has 0 bridgehead atoms. The molecule has 4 aliphatic heterocycles. The first-order valence-corrected chi connectivity index (χ1v) is 20.0. The number of carbonyl (C=O) groups excluding carboxylic acids is 2. The molecular weight excluding hydrogens is 725 g/mol. The second-order valence-electron chi connectivity index (χ2n) is 15.3. The fraction of sp³-hybridized carbons (Fsp3) is 0.240. The summed E-state index contributed by atoms with van der Waals surface area (Å²) in [5, 5.41) is 0. The van der Waals surface area contributed by atoms with Crippen molar-refractivity contribution in [1.82, 2.24) is 9.80 Å². The van der Waals surface area contributed by atoms with E-state index in [9.17, 15) is 9.59 Å². The Balaban J connectivity index is 0.000000150. The van der Waals surface area contributed by atoms with Gasteiger partial charge in [0.05, 0.1) is 37.3 Å². The summed E-state index contributed by atoms with van der Waals surface area (Å²) in [4.78, 5) is 30.2. The lowest BCUT2D eigenvalue weighted by Gasteiger charge is -2.26. The van der Waals surface area contributed by atoms with Crippen LogP contribution in [0.1, 0.15) is 56.3 Å². The molecule has 10 rings (SSSR count). The molecule has 0 radical (unpaired) electrons. The van der Waals surface area contributed by atoms with E-state index < -0.39 is 0 Å². The molecule has 2 amide bonds. The number of amides is 2. The highest BCUT2D eigenvalue weighted by atomic mass is 16.5. The van der Waals surface area contributed by atoms with Crippen LogP contribution in [0.3, 0.4) is 0 Å². The summed E-state index contributed by atoms with van der Waals surface area (Å²) in [5.74, 6) is 1.37. The van der Waals surface area contributed by atoms with Gasteiger partial charge < -0.3 is 28.7 Å². The van der Waals surface area contributed by atoms with Gasteiger partial charge in [0.1, 0.15) is 24.7 Å². The van der Waals surface area contributed by atoms with Gasteiger partial charge in [-0.3, -0.25) is 9.59 Å². The topological polar surface area (TPSA) is 77.5 Å². The van der Waals surface area contributed by atoms with Crippen molar-refractivity contribution in [2.24, 2.45) is 0 Å². The monoisotopic (exact) mass is 770 g/mol. The van der Waals surface area contributed by atoms with Crippen molar-refractivity contribution >= 4 is 11.8 Å². The van der Waals surface area contributed by atoms with Crippen molar-refractivity contribution in [3.8, 4) is 11.5 Å². The molecular formula is C50H46N2O6. The Hall–Kier alpha value is -6.22. The number of ether oxygens (including phenoxy) is 4. The van der Waals surface area contributed by atoms with E-state index in [1.54, 1.807) is 0 Å². The first kappa shape index (κ1) is 37.4. The average molecular weight is 771 g/mol. The maximum Gasteiger partial charge on any atom is 0.233 e. The summed E-state index contributed by atoms with van der Waals surface area (Å²) < 4.78 is 24.1. The van der Waals surface area contributed by atoms with Gasteiger partial charge in [0, 0.05) is 26.2 Å². The molecule has 0 saturated carbocycles. The minimum absolute atomic E-state index is 0.0944. The zero-order chi connectivity index (χ0) is 39.3. The van der Waals surface area contributed by atoms with E-state index >= 15 is 0 Å². The predicted octanol–water partition coefficient (Wildman–Crippen LogP) is 8.58. The normalized spacial score (nSPS) is 20.3. The minimum atomic E-state index is -0.247. The highest BCUT2D eigenvalue weighted by Gasteiger charge is 2.46. The molecule has 0 N–H and O–H groups in total. The number of hydrogen-bond acceptors (Lipinski definition) is 6. The Bertz CT molecular complexity index is 2170. The Kier molecular flexibility index (Phi) is 11.0. The fourth-order valence-corrected chi connectivity index (χ4v) is 8.44.